The Balaban J connectivity index is 1.57. The molecule has 1 aliphatic carbocycles. The predicted octanol–water partition coefficient (Wildman–Crippen LogP) is 2.46. The Morgan fingerprint density at radius 3 is 2.30 bits per heavy atom. The monoisotopic (exact) mass is 316 g/mol. The molecule has 3 aliphatic rings. The van der Waals surface area contributed by atoms with E-state index in [4.69, 9.17) is 0 Å². The van der Waals surface area contributed by atoms with Crippen molar-refractivity contribution in [2.45, 2.75) is 44.9 Å². The molecule has 126 valence electrons. The highest BCUT2D eigenvalue weighted by atomic mass is 16.3. The fourth-order valence-corrected chi connectivity index (χ4v) is 4.38. The van der Waals surface area contributed by atoms with E-state index in [9.17, 15) is 5.11 Å². The topological polar surface area (TPSA) is 52.5 Å². The molecule has 1 aromatic heterocycles. The normalized spacial score (nSPS) is 28.4. The van der Waals surface area contributed by atoms with Crippen molar-refractivity contribution in [2.24, 2.45) is 11.3 Å². The number of piperidine rings is 1. The van der Waals surface area contributed by atoms with E-state index in [1.54, 1.807) is 0 Å². The molecule has 0 amide bonds. The lowest BCUT2D eigenvalue weighted by molar-refractivity contribution is 0.0901. The molecule has 4 rings (SSSR count). The van der Waals surface area contributed by atoms with Gasteiger partial charge in [0.25, 0.3) is 0 Å². The van der Waals surface area contributed by atoms with Crippen LogP contribution in [0.2, 0.25) is 0 Å². The number of rotatable bonds is 5. The Labute approximate surface area is 138 Å². The fourth-order valence-electron chi connectivity index (χ4n) is 4.38. The van der Waals surface area contributed by atoms with Crippen molar-refractivity contribution in [1.82, 2.24) is 9.97 Å². The first-order valence-corrected chi connectivity index (χ1v) is 9.21. The number of aliphatic hydroxyl groups excluding tert-OH is 1. The SMILES string of the molecule is OC[C@]1(CC2CC2)CCCN(c2nccnc2N2CCCC2)C1. The maximum absolute atomic E-state index is 10.1. The lowest BCUT2D eigenvalue weighted by Gasteiger charge is -2.43. The molecule has 0 bridgehead atoms. The van der Waals surface area contributed by atoms with E-state index < -0.39 is 0 Å². The molecule has 1 aromatic rings. The highest BCUT2D eigenvalue weighted by Crippen LogP contribution is 2.45. The van der Waals surface area contributed by atoms with Crippen molar-refractivity contribution in [3.05, 3.63) is 12.4 Å². The number of hydrogen-bond donors (Lipinski definition) is 1. The molecule has 2 aliphatic heterocycles. The molecule has 0 aromatic carbocycles. The van der Waals surface area contributed by atoms with Gasteiger partial charge in [-0.2, -0.15) is 0 Å². The number of anilines is 2. The van der Waals surface area contributed by atoms with Crippen LogP contribution in [-0.2, 0) is 0 Å². The summed E-state index contributed by atoms with van der Waals surface area (Å²) in [5.74, 6) is 2.93. The van der Waals surface area contributed by atoms with Crippen LogP contribution in [0, 0.1) is 11.3 Å². The summed E-state index contributed by atoms with van der Waals surface area (Å²) in [4.78, 5) is 14.1. The zero-order valence-corrected chi connectivity index (χ0v) is 14.0. The number of aliphatic hydroxyl groups is 1. The van der Waals surface area contributed by atoms with Crippen molar-refractivity contribution in [3.63, 3.8) is 0 Å². The number of aromatic nitrogens is 2. The number of nitrogens with zero attached hydrogens (tertiary/aromatic N) is 4. The van der Waals surface area contributed by atoms with Crippen LogP contribution in [0.5, 0.6) is 0 Å². The van der Waals surface area contributed by atoms with Crippen molar-refractivity contribution >= 4 is 11.6 Å². The Morgan fingerprint density at radius 1 is 1.00 bits per heavy atom. The first-order chi connectivity index (χ1) is 11.3. The molecule has 1 saturated carbocycles. The zero-order chi connectivity index (χ0) is 15.7. The van der Waals surface area contributed by atoms with Gasteiger partial charge in [-0.1, -0.05) is 12.8 Å². The van der Waals surface area contributed by atoms with Gasteiger partial charge in [0.15, 0.2) is 11.6 Å². The average Bonchev–Trinajstić information content (AvgIpc) is 3.24. The second-order valence-electron chi connectivity index (χ2n) is 7.73. The van der Waals surface area contributed by atoms with Crippen LogP contribution in [0.4, 0.5) is 11.6 Å². The highest BCUT2D eigenvalue weighted by Gasteiger charge is 2.40. The van der Waals surface area contributed by atoms with Crippen LogP contribution in [0.25, 0.3) is 0 Å². The number of hydrogen-bond acceptors (Lipinski definition) is 5. The summed E-state index contributed by atoms with van der Waals surface area (Å²) < 4.78 is 0. The van der Waals surface area contributed by atoms with Gasteiger partial charge in [0.2, 0.25) is 0 Å². The summed E-state index contributed by atoms with van der Waals surface area (Å²) in [6.45, 7) is 4.45. The van der Waals surface area contributed by atoms with E-state index >= 15 is 0 Å². The van der Waals surface area contributed by atoms with E-state index in [2.05, 4.69) is 19.8 Å². The zero-order valence-electron chi connectivity index (χ0n) is 14.0. The van der Waals surface area contributed by atoms with E-state index in [1.165, 1.54) is 32.1 Å². The van der Waals surface area contributed by atoms with Gasteiger partial charge in [0.05, 0.1) is 6.61 Å². The third-order valence-corrected chi connectivity index (χ3v) is 5.78. The maximum atomic E-state index is 10.1. The minimum atomic E-state index is 0.0687. The molecule has 23 heavy (non-hydrogen) atoms. The molecule has 1 N–H and O–H groups in total. The van der Waals surface area contributed by atoms with Crippen molar-refractivity contribution in [2.75, 3.05) is 42.6 Å². The van der Waals surface area contributed by atoms with Crippen molar-refractivity contribution < 1.29 is 5.11 Å². The van der Waals surface area contributed by atoms with E-state index in [-0.39, 0.29) is 5.41 Å². The molecule has 5 nitrogen and oxygen atoms in total. The molecule has 2 saturated heterocycles. The lowest BCUT2D eigenvalue weighted by Crippen LogP contribution is -2.46. The predicted molar refractivity (Wildman–Crippen MR) is 91.8 cm³/mol. The third-order valence-electron chi connectivity index (χ3n) is 5.78. The molecule has 3 heterocycles. The fraction of sp³-hybridized carbons (Fsp3) is 0.778. The minimum absolute atomic E-state index is 0.0687. The van der Waals surface area contributed by atoms with Gasteiger partial charge in [-0.15, -0.1) is 0 Å². The van der Waals surface area contributed by atoms with Gasteiger partial charge >= 0.3 is 0 Å². The van der Waals surface area contributed by atoms with Gasteiger partial charge in [0, 0.05) is 44.0 Å². The second-order valence-corrected chi connectivity index (χ2v) is 7.73. The molecule has 1 atom stereocenters. The van der Waals surface area contributed by atoms with Crippen LogP contribution in [0.15, 0.2) is 12.4 Å². The molecular weight excluding hydrogens is 288 g/mol. The quantitative estimate of drug-likeness (QED) is 0.904. The first kappa shape index (κ1) is 15.2. The van der Waals surface area contributed by atoms with Gasteiger partial charge < -0.3 is 14.9 Å². The Kier molecular flexibility index (Phi) is 4.14. The molecule has 0 radical (unpaired) electrons. The summed E-state index contributed by atoms with van der Waals surface area (Å²) in [6.07, 6.45) is 12.3. The van der Waals surface area contributed by atoms with Crippen molar-refractivity contribution in [3.8, 4) is 0 Å². The third kappa shape index (κ3) is 3.16. The molecular formula is C18H28N4O. The first-order valence-electron chi connectivity index (χ1n) is 9.21. The second kappa shape index (κ2) is 6.27. The van der Waals surface area contributed by atoms with Gasteiger partial charge in [-0.05, 0) is 38.0 Å². The summed E-state index contributed by atoms with van der Waals surface area (Å²) in [5, 5.41) is 10.1. The van der Waals surface area contributed by atoms with E-state index in [1.807, 2.05) is 12.4 Å². The Hall–Kier alpha value is -1.36. The average molecular weight is 316 g/mol. The summed E-state index contributed by atoms with van der Waals surface area (Å²) in [6, 6.07) is 0. The molecule has 3 fully saturated rings. The van der Waals surface area contributed by atoms with Crippen LogP contribution in [0.3, 0.4) is 0 Å². The van der Waals surface area contributed by atoms with Gasteiger partial charge in [0.1, 0.15) is 0 Å². The highest BCUT2D eigenvalue weighted by molar-refractivity contribution is 5.63. The van der Waals surface area contributed by atoms with E-state index in [0.29, 0.717) is 6.61 Å². The minimum Gasteiger partial charge on any atom is -0.396 e. The maximum Gasteiger partial charge on any atom is 0.172 e. The molecule has 0 spiro atoms. The lowest BCUT2D eigenvalue weighted by atomic mass is 9.76. The summed E-state index contributed by atoms with van der Waals surface area (Å²) in [5.41, 5.74) is 0.0687. The smallest absolute Gasteiger partial charge is 0.172 e. The van der Waals surface area contributed by atoms with Crippen LogP contribution < -0.4 is 9.80 Å². The van der Waals surface area contributed by atoms with Crippen LogP contribution >= 0.6 is 0 Å². The largest absolute Gasteiger partial charge is 0.396 e. The summed E-state index contributed by atoms with van der Waals surface area (Å²) >= 11 is 0. The van der Waals surface area contributed by atoms with Gasteiger partial charge in [-0.3, -0.25) is 0 Å². The summed E-state index contributed by atoms with van der Waals surface area (Å²) in [7, 11) is 0. The molecule has 0 unspecified atom stereocenters. The Morgan fingerprint density at radius 2 is 1.65 bits per heavy atom. The van der Waals surface area contributed by atoms with Crippen molar-refractivity contribution in [1.29, 1.82) is 0 Å². The van der Waals surface area contributed by atoms with Crippen LogP contribution in [0.1, 0.15) is 44.9 Å². The van der Waals surface area contributed by atoms with Gasteiger partial charge in [-0.25, -0.2) is 9.97 Å². The molecule has 5 heteroatoms. The standard InChI is InChI=1S/C18H28N4O/c23-14-18(12-15-4-5-15)6-3-11-22(13-18)17-16(19-7-8-20-17)21-9-1-2-10-21/h7-8,15,23H,1-6,9-14H2/t18-/m0/s1. The Bertz CT molecular complexity index is 542. The van der Waals surface area contributed by atoms with E-state index in [0.717, 1.165) is 56.6 Å². The van der Waals surface area contributed by atoms with Crippen LogP contribution in [-0.4, -0.2) is 47.9 Å².